The molecule has 1 aliphatic carbocycles. The lowest BCUT2D eigenvalue weighted by Crippen LogP contribution is -2.10. The number of hydrogen-bond acceptors (Lipinski definition) is 3. The number of halogens is 2. The van der Waals surface area contributed by atoms with Gasteiger partial charge in [0, 0.05) is 9.90 Å². The number of thiophene rings is 1. The van der Waals surface area contributed by atoms with Gasteiger partial charge < -0.3 is 4.98 Å². The van der Waals surface area contributed by atoms with Crippen LogP contribution in [0.15, 0.2) is 29.1 Å². The van der Waals surface area contributed by atoms with Gasteiger partial charge in [-0.3, -0.25) is 4.79 Å². The number of aryl methyl sites for hydroxylation is 2. The van der Waals surface area contributed by atoms with Gasteiger partial charge in [0.2, 0.25) is 0 Å². The fourth-order valence-corrected chi connectivity index (χ4v) is 4.60. The summed E-state index contributed by atoms with van der Waals surface area (Å²) < 4.78 is 0. The van der Waals surface area contributed by atoms with E-state index in [0.29, 0.717) is 15.9 Å². The fraction of sp³-hybridized carbons (Fsp3) is 0.176. The lowest BCUT2D eigenvalue weighted by atomic mass is 10.2. The van der Waals surface area contributed by atoms with Gasteiger partial charge in [0.15, 0.2) is 5.82 Å². The molecule has 0 spiro atoms. The lowest BCUT2D eigenvalue weighted by molar-refractivity contribution is 0.916. The summed E-state index contributed by atoms with van der Waals surface area (Å²) in [6, 6.07) is 7.35. The summed E-state index contributed by atoms with van der Waals surface area (Å²) in [5, 5.41) is 1.76. The molecule has 0 amide bonds. The molecule has 0 unspecified atom stereocenters. The highest BCUT2D eigenvalue weighted by Gasteiger charge is 2.21. The first-order valence-corrected chi connectivity index (χ1v) is 8.87. The van der Waals surface area contributed by atoms with Crippen LogP contribution in [0.3, 0.4) is 0 Å². The van der Waals surface area contributed by atoms with Gasteiger partial charge in [0.1, 0.15) is 4.83 Å². The van der Waals surface area contributed by atoms with E-state index in [1.54, 1.807) is 29.5 Å². The van der Waals surface area contributed by atoms with Crippen LogP contribution in [0.25, 0.3) is 21.3 Å². The predicted molar refractivity (Wildman–Crippen MR) is 97.4 cm³/mol. The second-order valence-corrected chi connectivity index (χ2v) is 7.43. The molecule has 0 saturated carbocycles. The van der Waals surface area contributed by atoms with E-state index >= 15 is 0 Å². The third-order valence-corrected chi connectivity index (χ3v) is 5.65. The summed E-state index contributed by atoms with van der Waals surface area (Å²) in [7, 11) is 0. The normalized spacial score (nSPS) is 14.4. The fourth-order valence-electron chi connectivity index (χ4n) is 2.93. The minimum Gasteiger partial charge on any atom is -0.305 e. The van der Waals surface area contributed by atoms with Crippen molar-refractivity contribution in [1.29, 1.82) is 0 Å². The van der Waals surface area contributed by atoms with Crippen LogP contribution in [-0.4, -0.2) is 9.97 Å². The molecule has 4 rings (SSSR count). The Hall–Kier alpha value is -1.62. The third-order valence-electron chi connectivity index (χ3n) is 3.94. The molecule has 3 aromatic rings. The van der Waals surface area contributed by atoms with Crippen LogP contribution in [0, 0.1) is 0 Å². The molecule has 1 aliphatic rings. The molecular weight excluding hydrogens is 351 g/mol. The van der Waals surface area contributed by atoms with Crippen LogP contribution < -0.4 is 5.56 Å². The number of benzene rings is 1. The molecule has 0 aliphatic heterocycles. The van der Waals surface area contributed by atoms with Gasteiger partial charge in [-0.2, -0.15) is 0 Å². The van der Waals surface area contributed by atoms with Crippen LogP contribution in [0.2, 0.25) is 5.02 Å². The Balaban J connectivity index is 1.81. The lowest BCUT2D eigenvalue weighted by Gasteiger charge is -2.01. The van der Waals surface area contributed by atoms with Gasteiger partial charge in [-0.15, -0.1) is 11.3 Å². The largest absolute Gasteiger partial charge is 0.305 e. The zero-order chi connectivity index (χ0) is 16.0. The van der Waals surface area contributed by atoms with Gasteiger partial charge in [0.25, 0.3) is 5.56 Å². The molecule has 1 N–H and O–H groups in total. The van der Waals surface area contributed by atoms with Crippen molar-refractivity contribution in [1.82, 2.24) is 9.97 Å². The number of fused-ring (bicyclic) bond motifs is 3. The van der Waals surface area contributed by atoms with Crippen LogP contribution in [0.1, 0.15) is 28.2 Å². The number of aromatic amines is 1. The smallest absolute Gasteiger partial charge is 0.260 e. The van der Waals surface area contributed by atoms with Gasteiger partial charge in [-0.1, -0.05) is 35.3 Å². The highest BCUT2D eigenvalue weighted by Crippen LogP contribution is 2.35. The first kappa shape index (κ1) is 14.9. The summed E-state index contributed by atoms with van der Waals surface area (Å²) in [6.45, 7) is 0. The zero-order valence-corrected chi connectivity index (χ0v) is 14.4. The van der Waals surface area contributed by atoms with Crippen molar-refractivity contribution >= 4 is 55.9 Å². The molecule has 3 nitrogen and oxygen atoms in total. The molecule has 0 bridgehead atoms. The minimum atomic E-state index is -0.109. The molecule has 6 heteroatoms. The molecular formula is C17H12Cl2N2OS. The number of nitrogens with one attached hydrogen (secondary N) is 1. The van der Waals surface area contributed by atoms with E-state index in [1.165, 1.54) is 10.4 Å². The van der Waals surface area contributed by atoms with Crippen LogP contribution in [0.4, 0.5) is 0 Å². The molecule has 2 heterocycles. The summed E-state index contributed by atoms with van der Waals surface area (Å²) >= 11 is 13.9. The topological polar surface area (TPSA) is 45.8 Å². The molecule has 2 aromatic heterocycles. The van der Waals surface area contributed by atoms with Crippen molar-refractivity contribution in [3.05, 3.63) is 61.5 Å². The van der Waals surface area contributed by atoms with Crippen molar-refractivity contribution in [3.8, 4) is 0 Å². The zero-order valence-electron chi connectivity index (χ0n) is 12.0. The van der Waals surface area contributed by atoms with Crippen LogP contribution in [-0.2, 0) is 12.8 Å². The second kappa shape index (κ2) is 5.78. The average molecular weight is 363 g/mol. The highest BCUT2D eigenvalue weighted by molar-refractivity contribution is 7.18. The summed E-state index contributed by atoms with van der Waals surface area (Å²) in [6.07, 6.45) is 4.87. The second-order valence-electron chi connectivity index (χ2n) is 5.50. The highest BCUT2D eigenvalue weighted by atomic mass is 35.5. The number of hydrogen-bond donors (Lipinski definition) is 1. The van der Waals surface area contributed by atoms with Gasteiger partial charge in [-0.25, -0.2) is 4.98 Å². The first-order chi connectivity index (χ1) is 11.1. The van der Waals surface area contributed by atoms with Gasteiger partial charge in [0.05, 0.1) is 10.4 Å². The summed E-state index contributed by atoms with van der Waals surface area (Å²) in [5.41, 5.74) is 1.92. The Morgan fingerprint density at radius 1 is 1.35 bits per heavy atom. The van der Waals surface area contributed by atoms with E-state index < -0.39 is 0 Å². The van der Waals surface area contributed by atoms with E-state index in [2.05, 4.69) is 9.97 Å². The Kier molecular flexibility index (Phi) is 3.76. The molecule has 0 atom stereocenters. The quantitative estimate of drug-likeness (QED) is 0.707. The maximum Gasteiger partial charge on any atom is 0.260 e. The molecule has 0 saturated heterocycles. The van der Waals surface area contributed by atoms with Crippen molar-refractivity contribution in [2.24, 2.45) is 0 Å². The van der Waals surface area contributed by atoms with E-state index in [9.17, 15) is 4.79 Å². The van der Waals surface area contributed by atoms with Crippen molar-refractivity contribution in [2.45, 2.75) is 19.3 Å². The Bertz CT molecular complexity index is 1000. The summed E-state index contributed by atoms with van der Waals surface area (Å²) in [4.78, 5) is 21.8. The molecule has 23 heavy (non-hydrogen) atoms. The molecule has 0 fully saturated rings. The monoisotopic (exact) mass is 362 g/mol. The van der Waals surface area contributed by atoms with Crippen LogP contribution >= 0.6 is 34.5 Å². The average Bonchev–Trinajstić information content (AvgIpc) is 3.07. The van der Waals surface area contributed by atoms with E-state index in [-0.39, 0.29) is 5.56 Å². The number of H-pyrrole nitrogens is 1. The third kappa shape index (κ3) is 2.71. The van der Waals surface area contributed by atoms with Gasteiger partial charge in [-0.05, 0) is 48.6 Å². The Morgan fingerprint density at radius 3 is 3.04 bits per heavy atom. The minimum absolute atomic E-state index is 0.109. The van der Waals surface area contributed by atoms with E-state index in [1.807, 2.05) is 12.1 Å². The van der Waals surface area contributed by atoms with E-state index in [4.69, 9.17) is 23.2 Å². The van der Waals surface area contributed by atoms with Crippen molar-refractivity contribution < 1.29 is 0 Å². The van der Waals surface area contributed by atoms with Gasteiger partial charge >= 0.3 is 0 Å². The standard InChI is InChI=1S/C17H12Cl2N2OS/c18-10-4-1-3-9(7-10)8-12(19)15-20-16(22)14-11-5-2-6-13(11)23-17(14)21-15/h1,3-4,7-8H,2,5-6H2,(H,20,21,22)/b12-8-. The maximum absolute atomic E-state index is 12.4. The Morgan fingerprint density at radius 2 is 2.22 bits per heavy atom. The maximum atomic E-state index is 12.4. The van der Waals surface area contributed by atoms with E-state index in [0.717, 1.165) is 35.0 Å². The molecule has 1 aromatic carbocycles. The number of nitrogens with zero attached hydrogens (tertiary/aromatic N) is 1. The molecule has 116 valence electrons. The predicted octanol–water partition coefficient (Wildman–Crippen LogP) is 4.86. The SMILES string of the molecule is O=c1[nH]c(/C(Cl)=C/c2cccc(Cl)c2)nc2sc3c(c12)CCC3. The number of aromatic nitrogens is 2. The first-order valence-electron chi connectivity index (χ1n) is 7.29. The Labute approximate surface area is 146 Å². The van der Waals surface area contributed by atoms with Crippen molar-refractivity contribution in [2.75, 3.05) is 0 Å². The summed E-state index contributed by atoms with van der Waals surface area (Å²) in [5.74, 6) is 0.393. The molecule has 0 radical (unpaired) electrons. The van der Waals surface area contributed by atoms with Crippen LogP contribution in [0.5, 0.6) is 0 Å². The number of rotatable bonds is 2. The van der Waals surface area contributed by atoms with Crippen molar-refractivity contribution in [3.63, 3.8) is 0 Å².